The average Bonchev–Trinajstić information content (AvgIpc) is 2.05. The van der Waals surface area contributed by atoms with Gasteiger partial charge in [-0.25, -0.2) is 15.3 Å². The molecule has 1 aromatic carbocycles. The van der Waals surface area contributed by atoms with Gasteiger partial charge in [0.2, 0.25) is 0 Å². The van der Waals surface area contributed by atoms with Crippen molar-refractivity contribution < 1.29 is 10.2 Å². The maximum absolute atomic E-state index is 9.98. The van der Waals surface area contributed by atoms with Gasteiger partial charge in [0.05, 0.1) is 0 Å². The van der Waals surface area contributed by atoms with Crippen molar-refractivity contribution in [2.24, 2.45) is 0 Å². The van der Waals surface area contributed by atoms with Crippen LogP contribution in [0.25, 0.3) is 0 Å². The number of hydrogen-bond donors (Lipinski definition) is 1. The van der Waals surface area contributed by atoms with Crippen molar-refractivity contribution in [3.8, 4) is 0 Å². The maximum Gasteiger partial charge on any atom is 0.192 e. The molecular formula is C6H6AlN2O3. The topological polar surface area (TPSA) is 66.6 Å². The highest BCUT2D eigenvalue weighted by molar-refractivity contribution is 5.75. The van der Waals surface area contributed by atoms with Gasteiger partial charge in [-0.15, -0.1) is 0 Å². The van der Waals surface area contributed by atoms with E-state index in [4.69, 9.17) is 5.21 Å². The largest absolute Gasteiger partial charge is 0.232 e. The Labute approximate surface area is 79.4 Å². The van der Waals surface area contributed by atoms with E-state index >= 15 is 0 Å². The second-order valence-corrected chi connectivity index (χ2v) is 1.86. The standard InChI is InChI=1S/C6H6N2O3.Al/c9-7(8(10)11)6-4-2-1-3-5-6;/h1-5,9H;. The van der Waals surface area contributed by atoms with Crippen LogP contribution in [0.2, 0.25) is 0 Å². The predicted molar refractivity (Wildman–Crippen MR) is 43.5 cm³/mol. The van der Waals surface area contributed by atoms with Crippen LogP contribution >= 0.6 is 0 Å². The molecule has 1 rings (SSSR count). The van der Waals surface area contributed by atoms with E-state index in [-0.39, 0.29) is 28.2 Å². The molecule has 0 aliphatic rings. The molecule has 1 N–H and O–H groups in total. The third-order valence-electron chi connectivity index (χ3n) is 1.14. The van der Waals surface area contributed by atoms with Crippen molar-refractivity contribution in [1.29, 1.82) is 0 Å². The molecule has 0 saturated heterocycles. The second kappa shape index (κ2) is 4.72. The Morgan fingerprint density at radius 1 is 1.33 bits per heavy atom. The van der Waals surface area contributed by atoms with Crippen LogP contribution in [0.15, 0.2) is 30.3 Å². The van der Waals surface area contributed by atoms with E-state index in [1.807, 2.05) is 0 Å². The molecule has 12 heavy (non-hydrogen) atoms. The highest BCUT2D eigenvalue weighted by Gasteiger charge is 2.11. The third kappa shape index (κ3) is 2.51. The van der Waals surface area contributed by atoms with Crippen LogP contribution in [0.4, 0.5) is 5.69 Å². The van der Waals surface area contributed by atoms with Crippen LogP contribution in [0, 0.1) is 10.1 Å². The quantitative estimate of drug-likeness (QED) is 0.414. The van der Waals surface area contributed by atoms with Crippen molar-refractivity contribution in [1.82, 2.24) is 0 Å². The summed E-state index contributed by atoms with van der Waals surface area (Å²) in [6, 6.07) is 7.77. The molecule has 0 fully saturated rings. The molecule has 6 heteroatoms. The van der Waals surface area contributed by atoms with Gasteiger partial charge in [-0.1, -0.05) is 18.2 Å². The monoisotopic (exact) mass is 181 g/mol. The van der Waals surface area contributed by atoms with E-state index < -0.39 is 5.03 Å². The summed E-state index contributed by atoms with van der Waals surface area (Å²) in [4.78, 5) is 9.98. The molecule has 0 atom stereocenters. The van der Waals surface area contributed by atoms with Crippen LogP contribution in [0.3, 0.4) is 0 Å². The number of hydrazine groups is 1. The smallest absolute Gasteiger partial charge is 0.192 e. The van der Waals surface area contributed by atoms with Gasteiger partial charge in [0.15, 0.2) is 5.03 Å². The molecule has 3 radical (unpaired) electrons. The van der Waals surface area contributed by atoms with Gasteiger partial charge >= 0.3 is 0 Å². The Morgan fingerprint density at radius 2 is 1.83 bits per heavy atom. The fraction of sp³-hybridized carbons (Fsp3) is 0. The van der Waals surface area contributed by atoms with Crippen molar-refractivity contribution in [3.05, 3.63) is 40.4 Å². The van der Waals surface area contributed by atoms with Crippen molar-refractivity contribution >= 4 is 23.0 Å². The number of para-hydroxylation sites is 1. The summed E-state index contributed by atoms with van der Waals surface area (Å²) in [5.74, 6) is 0. The van der Waals surface area contributed by atoms with Crippen LogP contribution < -0.4 is 5.17 Å². The van der Waals surface area contributed by atoms with Gasteiger partial charge < -0.3 is 0 Å². The van der Waals surface area contributed by atoms with E-state index in [1.54, 1.807) is 18.2 Å². The first-order valence-corrected chi connectivity index (χ1v) is 2.90. The molecule has 0 heterocycles. The number of hydrogen-bond acceptors (Lipinski definition) is 3. The molecule has 1 aromatic rings. The maximum atomic E-state index is 9.98. The minimum Gasteiger partial charge on any atom is -0.232 e. The van der Waals surface area contributed by atoms with E-state index in [0.717, 1.165) is 0 Å². The van der Waals surface area contributed by atoms with Crippen LogP contribution in [0.5, 0.6) is 0 Å². The predicted octanol–water partition coefficient (Wildman–Crippen LogP) is 0.693. The molecule has 0 aliphatic carbocycles. The lowest BCUT2D eigenvalue weighted by Crippen LogP contribution is -2.24. The van der Waals surface area contributed by atoms with Gasteiger partial charge in [-0.2, -0.15) is 0 Å². The Kier molecular flexibility index (Phi) is 4.29. The van der Waals surface area contributed by atoms with Crippen LogP contribution in [-0.4, -0.2) is 27.6 Å². The molecular weight excluding hydrogens is 175 g/mol. The molecule has 0 spiro atoms. The van der Waals surface area contributed by atoms with E-state index in [0.29, 0.717) is 0 Å². The van der Waals surface area contributed by atoms with E-state index in [2.05, 4.69) is 0 Å². The normalized spacial score (nSPS) is 8.42. The molecule has 0 amide bonds. The number of nitro groups is 1. The third-order valence-corrected chi connectivity index (χ3v) is 1.14. The number of benzene rings is 1. The molecule has 0 bridgehead atoms. The molecule has 5 nitrogen and oxygen atoms in total. The summed E-state index contributed by atoms with van der Waals surface area (Å²) in [6.07, 6.45) is 0. The van der Waals surface area contributed by atoms with Gasteiger partial charge in [0.1, 0.15) is 5.69 Å². The summed E-state index contributed by atoms with van der Waals surface area (Å²) in [5.41, 5.74) is 0.137. The molecule has 0 saturated carbocycles. The lowest BCUT2D eigenvalue weighted by atomic mass is 10.3. The first-order valence-electron chi connectivity index (χ1n) is 2.90. The van der Waals surface area contributed by atoms with Crippen molar-refractivity contribution in [2.75, 3.05) is 5.17 Å². The molecule has 0 aromatic heterocycles. The van der Waals surface area contributed by atoms with Crippen molar-refractivity contribution in [3.63, 3.8) is 0 Å². The van der Waals surface area contributed by atoms with E-state index in [1.165, 1.54) is 12.1 Å². The number of nitrogens with zero attached hydrogens (tertiary/aromatic N) is 2. The highest BCUT2D eigenvalue weighted by Crippen LogP contribution is 2.09. The Bertz CT molecular complexity index is 254. The zero-order valence-corrected chi connectivity index (χ0v) is 7.28. The Hall–Kier alpha value is -1.09. The summed E-state index contributed by atoms with van der Waals surface area (Å²) >= 11 is 0. The molecule has 0 unspecified atom stereocenters. The average molecular weight is 181 g/mol. The molecule has 61 valence electrons. The van der Waals surface area contributed by atoms with Gasteiger partial charge in [-0.3, -0.25) is 0 Å². The fourth-order valence-corrected chi connectivity index (χ4v) is 0.656. The first kappa shape index (κ1) is 10.9. The Balaban J connectivity index is 0.00000121. The second-order valence-electron chi connectivity index (χ2n) is 1.86. The highest BCUT2D eigenvalue weighted by atomic mass is 27.0. The van der Waals surface area contributed by atoms with Crippen LogP contribution in [-0.2, 0) is 0 Å². The summed E-state index contributed by atoms with van der Waals surface area (Å²) in [5, 5.41) is 17.8. The van der Waals surface area contributed by atoms with Crippen LogP contribution in [0.1, 0.15) is 0 Å². The minimum absolute atomic E-state index is 0. The summed E-state index contributed by atoms with van der Waals surface area (Å²) in [7, 11) is 0. The number of rotatable bonds is 2. The zero-order chi connectivity index (χ0) is 8.27. The van der Waals surface area contributed by atoms with Gasteiger partial charge in [0, 0.05) is 22.5 Å². The lowest BCUT2D eigenvalue weighted by molar-refractivity contribution is -0.541. The summed E-state index contributed by atoms with van der Waals surface area (Å²) in [6.45, 7) is 0. The Morgan fingerprint density at radius 3 is 2.25 bits per heavy atom. The zero-order valence-electron chi connectivity index (χ0n) is 6.12. The van der Waals surface area contributed by atoms with Gasteiger partial charge in [-0.05, 0) is 12.1 Å². The van der Waals surface area contributed by atoms with E-state index in [9.17, 15) is 10.1 Å². The molecule has 0 aliphatic heterocycles. The van der Waals surface area contributed by atoms with Crippen molar-refractivity contribution in [2.45, 2.75) is 0 Å². The summed E-state index contributed by atoms with van der Waals surface area (Å²) < 4.78 is 0. The first-order chi connectivity index (χ1) is 5.22. The fourth-order valence-electron chi connectivity index (χ4n) is 0.656. The number of anilines is 1. The lowest BCUT2D eigenvalue weighted by Gasteiger charge is -2.03. The minimum atomic E-state index is -0.907. The van der Waals surface area contributed by atoms with Gasteiger partial charge in [0.25, 0.3) is 0 Å². The SMILES string of the molecule is O=[N+]([O-])N(O)c1ccccc1.[Al].